The number of carbonyl (C=O) groups is 2. The van der Waals surface area contributed by atoms with Gasteiger partial charge in [-0.3, -0.25) is 9.59 Å². The van der Waals surface area contributed by atoms with Crippen LogP contribution in [0.15, 0.2) is 48.5 Å². The van der Waals surface area contributed by atoms with Gasteiger partial charge >= 0.3 is 0 Å². The van der Waals surface area contributed by atoms with Crippen LogP contribution in [0.2, 0.25) is 0 Å². The molecule has 6 heteroatoms. The second-order valence-corrected chi connectivity index (χ2v) is 8.07. The van der Waals surface area contributed by atoms with Gasteiger partial charge in [-0.2, -0.15) is 0 Å². The first-order valence-corrected chi connectivity index (χ1v) is 10.6. The fourth-order valence-electron chi connectivity index (χ4n) is 4.31. The van der Waals surface area contributed by atoms with Crippen molar-refractivity contribution >= 4 is 11.8 Å². The third-order valence-corrected chi connectivity index (χ3v) is 5.97. The van der Waals surface area contributed by atoms with Crippen LogP contribution in [0.3, 0.4) is 0 Å². The zero-order chi connectivity index (χ0) is 20.9. The quantitative estimate of drug-likeness (QED) is 0.752. The van der Waals surface area contributed by atoms with Gasteiger partial charge in [-0.25, -0.2) is 0 Å². The maximum absolute atomic E-state index is 12.5. The molecule has 6 nitrogen and oxygen atoms in total. The molecule has 0 radical (unpaired) electrons. The molecule has 4 rings (SSSR count). The summed E-state index contributed by atoms with van der Waals surface area (Å²) in [7, 11) is 1.62. The van der Waals surface area contributed by atoms with Gasteiger partial charge in [-0.1, -0.05) is 12.8 Å². The Morgan fingerprint density at radius 3 is 2.23 bits per heavy atom. The van der Waals surface area contributed by atoms with Crippen LogP contribution in [-0.4, -0.2) is 43.0 Å². The average Bonchev–Trinajstić information content (AvgIpc) is 3.42. The Morgan fingerprint density at radius 1 is 1.00 bits per heavy atom. The Morgan fingerprint density at radius 2 is 1.60 bits per heavy atom. The van der Waals surface area contributed by atoms with Crippen molar-refractivity contribution in [3.63, 3.8) is 0 Å². The van der Waals surface area contributed by atoms with E-state index in [9.17, 15) is 9.59 Å². The first-order valence-electron chi connectivity index (χ1n) is 10.6. The molecule has 2 amide bonds. The van der Waals surface area contributed by atoms with Crippen LogP contribution in [0.25, 0.3) is 0 Å². The molecule has 0 aromatic heterocycles. The van der Waals surface area contributed by atoms with Crippen molar-refractivity contribution in [2.45, 2.75) is 38.1 Å². The Balaban J connectivity index is 1.27. The Kier molecular flexibility index (Phi) is 6.21. The molecule has 1 aliphatic heterocycles. The van der Waals surface area contributed by atoms with Gasteiger partial charge < -0.3 is 19.7 Å². The number of hydrogen-bond acceptors (Lipinski definition) is 4. The molecule has 30 heavy (non-hydrogen) atoms. The predicted molar refractivity (Wildman–Crippen MR) is 114 cm³/mol. The first-order chi connectivity index (χ1) is 14.6. The van der Waals surface area contributed by atoms with Crippen molar-refractivity contribution < 1.29 is 19.1 Å². The van der Waals surface area contributed by atoms with Gasteiger partial charge in [-0.05, 0) is 61.4 Å². The summed E-state index contributed by atoms with van der Waals surface area (Å²) in [6.45, 7) is 1.29. The molecular formula is C24H28N2O4. The monoisotopic (exact) mass is 408 g/mol. The van der Waals surface area contributed by atoms with Gasteiger partial charge in [0.25, 0.3) is 5.91 Å². The van der Waals surface area contributed by atoms with Crippen LogP contribution in [0.4, 0.5) is 0 Å². The minimum Gasteiger partial charge on any atom is -0.497 e. The summed E-state index contributed by atoms with van der Waals surface area (Å²) in [5.74, 6) is 2.43. The summed E-state index contributed by atoms with van der Waals surface area (Å²) in [5, 5.41) is 2.98. The van der Waals surface area contributed by atoms with Crippen molar-refractivity contribution in [3.05, 3.63) is 54.1 Å². The van der Waals surface area contributed by atoms with Crippen LogP contribution >= 0.6 is 0 Å². The third-order valence-electron chi connectivity index (χ3n) is 5.97. The van der Waals surface area contributed by atoms with Gasteiger partial charge in [0.1, 0.15) is 17.2 Å². The molecule has 2 aliphatic rings. The van der Waals surface area contributed by atoms with E-state index in [1.807, 2.05) is 29.2 Å². The number of rotatable bonds is 7. The van der Waals surface area contributed by atoms with E-state index in [0.29, 0.717) is 36.1 Å². The standard InChI is InChI=1S/C24H28N2O4/c1-29-20-10-12-22(13-11-20)30-21-8-6-18(7-9-21)24(28)25-15-17-14-23(27)26(16-17)19-4-2-3-5-19/h6-13,17,19H,2-5,14-16H2,1H3,(H,25,28). The first kappa shape index (κ1) is 20.3. The smallest absolute Gasteiger partial charge is 0.251 e. The number of carbonyl (C=O) groups excluding carboxylic acids is 2. The van der Waals surface area contributed by atoms with Crippen LogP contribution in [-0.2, 0) is 4.79 Å². The van der Waals surface area contributed by atoms with E-state index in [4.69, 9.17) is 9.47 Å². The van der Waals surface area contributed by atoms with E-state index in [-0.39, 0.29) is 17.7 Å². The second kappa shape index (κ2) is 9.20. The molecular weight excluding hydrogens is 380 g/mol. The van der Waals surface area contributed by atoms with Crippen molar-refractivity contribution in [1.82, 2.24) is 10.2 Å². The minimum absolute atomic E-state index is 0.127. The molecule has 0 bridgehead atoms. The fraction of sp³-hybridized carbons (Fsp3) is 0.417. The van der Waals surface area contributed by atoms with E-state index in [1.54, 1.807) is 31.4 Å². The van der Waals surface area contributed by atoms with Crippen molar-refractivity contribution in [3.8, 4) is 17.2 Å². The lowest BCUT2D eigenvalue weighted by Crippen LogP contribution is -2.36. The van der Waals surface area contributed by atoms with Crippen LogP contribution in [0, 0.1) is 5.92 Å². The van der Waals surface area contributed by atoms with Crippen molar-refractivity contribution in [1.29, 1.82) is 0 Å². The van der Waals surface area contributed by atoms with E-state index >= 15 is 0 Å². The van der Waals surface area contributed by atoms with E-state index in [1.165, 1.54) is 12.8 Å². The largest absolute Gasteiger partial charge is 0.497 e. The van der Waals surface area contributed by atoms with Crippen LogP contribution in [0.5, 0.6) is 17.2 Å². The molecule has 1 saturated heterocycles. The molecule has 1 saturated carbocycles. The lowest BCUT2D eigenvalue weighted by atomic mass is 10.1. The lowest BCUT2D eigenvalue weighted by molar-refractivity contribution is -0.129. The molecule has 1 aliphatic carbocycles. The summed E-state index contributed by atoms with van der Waals surface area (Å²) in [6.07, 6.45) is 5.21. The number of methoxy groups -OCH3 is 1. The molecule has 1 atom stereocenters. The Bertz CT molecular complexity index is 873. The highest BCUT2D eigenvalue weighted by molar-refractivity contribution is 5.94. The maximum Gasteiger partial charge on any atom is 0.251 e. The van der Waals surface area contributed by atoms with Crippen molar-refractivity contribution in [2.24, 2.45) is 5.92 Å². The molecule has 2 aromatic carbocycles. The highest BCUT2D eigenvalue weighted by Crippen LogP contribution is 2.29. The summed E-state index contributed by atoms with van der Waals surface area (Å²) in [5.41, 5.74) is 0.578. The number of hydrogen-bond donors (Lipinski definition) is 1. The summed E-state index contributed by atoms with van der Waals surface area (Å²) in [4.78, 5) is 26.8. The van der Waals surface area contributed by atoms with Gasteiger partial charge in [0.05, 0.1) is 7.11 Å². The van der Waals surface area contributed by atoms with Gasteiger partial charge in [-0.15, -0.1) is 0 Å². The van der Waals surface area contributed by atoms with Gasteiger partial charge in [0.2, 0.25) is 5.91 Å². The van der Waals surface area contributed by atoms with Gasteiger partial charge in [0.15, 0.2) is 0 Å². The zero-order valence-corrected chi connectivity index (χ0v) is 17.3. The minimum atomic E-state index is -0.127. The zero-order valence-electron chi connectivity index (χ0n) is 17.3. The molecule has 1 heterocycles. The number of benzene rings is 2. The summed E-state index contributed by atoms with van der Waals surface area (Å²) < 4.78 is 10.9. The Hall–Kier alpha value is -3.02. The number of likely N-dealkylation sites (tertiary alicyclic amines) is 1. The molecule has 0 spiro atoms. The molecule has 158 valence electrons. The summed E-state index contributed by atoms with van der Waals surface area (Å²) in [6, 6.07) is 14.8. The fourth-order valence-corrected chi connectivity index (χ4v) is 4.31. The van der Waals surface area contributed by atoms with E-state index < -0.39 is 0 Å². The number of nitrogens with one attached hydrogen (secondary N) is 1. The molecule has 2 aromatic rings. The second-order valence-electron chi connectivity index (χ2n) is 8.07. The molecule has 1 N–H and O–H groups in total. The SMILES string of the molecule is COc1ccc(Oc2ccc(C(=O)NCC3CC(=O)N(C4CCCC4)C3)cc2)cc1. The Labute approximate surface area is 177 Å². The predicted octanol–water partition coefficient (Wildman–Crippen LogP) is 4.01. The molecule has 2 fully saturated rings. The maximum atomic E-state index is 12.5. The van der Waals surface area contributed by atoms with Crippen LogP contribution in [0.1, 0.15) is 42.5 Å². The number of nitrogens with zero attached hydrogens (tertiary/aromatic N) is 1. The third kappa shape index (κ3) is 4.75. The highest BCUT2D eigenvalue weighted by atomic mass is 16.5. The number of amides is 2. The highest BCUT2D eigenvalue weighted by Gasteiger charge is 2.35. The summed E-state index contributed by atoms with van der Waals surface area (Å²) >= 11 is 0. The van der Waals surface area contributed by atoms with Crippen molar-refractivity contribution in [2.75, 3.05) is 20.2 Å². The average molecular weight is 408 g/mol. The van der Waals surface area contributed by atoms with E-state index in [2.05, 4.69) is 5.32 Å². The lowest BCUT2D eigenvalue weighted by Gasteiger charge is -2.24. The normalized spacial score (nSPS) is 19.2. The molecule has 1 unspecified atom stereocenters. The van der Waals surface area contributed by atoms with Crippen LogP contribution < -0.4 is 14.8 Å². The van der Waals surface area contributed by atoms with Gasteiger partial charge in [0, 0.05) is 37.0 Å². The van der Waals surface area contributed by atoms with E-state index in [0.717, 1.165) is 25.1 Å². The number of ether oxygens (including phenoxy) is 2. The topological polar surface area (TPSA) is 67.9 Å².